The minimum atomic E-state index is -0.143. The SMILES string of the molecule is Cc1nnc2sc(C(=O)NC3CN(Sc4ccoc4)C3)c(N)c2c1C. The van der Waals surface area contributed by atoms with Crippen LogP contribution in [-0.2, 0) is 0 Å². The number of anilines is 1. The zero-order chi connectivity index (χ0) is 17.6. The van der Waals surface area contributed by atoms with Gasteiger partial charge in [0.05, 0.1) is 28.6 Å². The molecule has 0 radical (unpaired) electrons. The molecule has 4 heterocycles. The van der Waals surface area contributed by atoms with Gasteiger partial charge in [-0.25, -0.2) is 4.31 Å². The summed E-state index contributed by atoms with van der Waals surface area (Å²) < 4.78 is 7.22. The van der Waals surface area contributed by atoms with Crippen LogP contribution in [0.5, 0.6) is 0 Å². The van der Waals surface area contributed by atoms with Gasteiger partial charge in [-0.2, -0.15) is 5.10 Å². The Morgan fingerprint density at radius 3 is 2.96 bits per heavy atom. The van der Waals surface area contributed by atoms with E-state index in [0.29, 0.717) is 15.4 Å². The number of carbonyl (C=O) groups excluding carboxylic acids is 1. The molecule has 0 saturated carbocycles. The van der Waals surface area contributed by atoms with E-state index in [2.05, 4.69) is 19.8 Å². The molecule has 0 aliphatic carbocycles. The van der Waals surface area contributed by atoms with E-state index in [0.717, 1.165) is 34.6 Å². The van der Waals surface area contributed by atoms with Crippen molar-refractivity contribution in [3.8, 4) is 0 Å². The molecule has 0 atom stereocenters. The number of amides is 1. The number of hydrogen-bond acceptors (Lipinski definition) is 8. The largest absolute Gasteiger partial charge is 0.471 e. The molecule has 25 heavy (non-hydrogen) atoms. The first-order chi connectivity index (χ1) is 12.0. The van der Waals surface area contributed by atoms with Gasteiger partial charge in [0.1, 0.15) is 16.0 Å². The summed E-state index contributed by atoms with van der Waals surface area (Å²) in [6.45, 7) is 5.40. The lowest BCUT2D eigenvalue weighted by atomic mass is 10.1. The number of nitrogens with two attached hydrogens (primary N) is 1. The van der Waals surface area contributed by atoms with Crippen molar-refractivity contribution in [2.45, 2.75) is 24.8 Å². The molecule has 3 aromatic heterocycles. The maximum Gasteiger partial charge on any atom is 0.263 e. The van der Waals surface area contributed by atoms with E-state index in [1.807, 2.05) is 19.9 Å². The Hall–Kier alpha value is -2.10. The van der Waals surface area contributed by atoms with Gasteiger partial charge in [-0.3, -0.25) is 4.79 Å². The van der Waals surface area contributed by atoms with Crippen LogP contribution in [0.25, 0.3) is 10.2 Å². The van der Waals surface area contributed by atoms with E-state index in [9.17, 15) is 4.79 Å². The third-order valence-electron chi connectivity index (χ3n) is 4.25. The quantitative estimate of drug-likeness (QED) is 0.677. The molecule has 0 unspecified atom stereocenters. The fourth-order valence-electron chi connectivity index (χ4n) is 2.72. The number of aromatic nitrogens is 2. The number of nitrogens with one attached hydrogen (secondary N) is 1. The number of fused-ring (bicyclic) bond motifs is 1. The van der Waals surface area contributed by atoms with Gasteiger partial charge in [-0.15, -0.1) is 16.4 Å². The molecular formula is C16H17N5O2S2. The Morgan fingerprint density at radius 2 is 2.24 bits per heavy atom. The molecule has 0 bridgehead atoms. The van der Waals surface area contributed by atoms with Crippen molar-refractivity contribution in [1.82, 2.24) is 19.8 Å². The summed E-state index contributed by atoms with van der Waals surface area (Å²) in [4.78, 5) is 14.9. The van der Waals surface area contributed by atoms with E-state index in [4.69, 9.17) is 10.2 Å². The summed E-state index contributed by atoms with van der Waals surface area (Å²) in [6, 6.07) is 2.03. The van der Waals surface area contributed by atoms with Gasteiger partial charge < -0.3 is 15.5 Å². The van der Waals surface area contributed by atoms with E-state index in [1.165, 1.54) is 11.3 Å². The van der Waals surface area contributed by atoms with Crippen LogP contribution in [0.4, 0.5) is 5.69 Å². The number of thiophene rings is 1. The molecule has 3 N–H and O–H groups in total. The van der Waals surface area contributed by atoms with E-state index >= 15 is 0 Å². The highest BCUT2D eigenvalue weighted by Gasteiger charge is 2.30. The van der Waals surface area contributed by atoms with Crippen molar-refractivity contribution in [2.75, 3.05) is 18.8 Å². The van der Waals surface area contributed by atoms with Crippen molar-refractivity contribution in [3.05, 3.63) is 34.7 Å². The number of aryl methyl sites for hydroxylation is 2. The second-order valence-corrected chi connectivity index (χ2v) is 8.17. The van der Waals surface area contributed by atoms with Crippen LogP contribution in [0, 0.1) is 13.8 Å². The number of nitrogens with zero attached hydrogens (tertiary/aromatic N) is 3. The fraction of sp³-hybridized carbons (Fsp3) is 0.312. The summed E-state index contributed by atoms with van der Waals surface area (Å²) in [7, 11) is 0. The van der Waals surface area contributed by atoms with E-state index in [-0.39, 0.29) is 11.9 Å². The van der Waals surface area contributed by atoms with Crippen LogP contribution >= 0.6 is 23.3 Å². The molecule has 0 spiro atoms. The van der Waals surface area contributed by atoms with Crippen molar-refractivity contribution < 1.29 is 9.21 Å². The first-order valence-electron chi connectivity index (χ1n) is 7.80. The van der Waals surface area contributed by atoms with Crippen LogP contribution in [0.3, 0.4) is 0 Å². The lowest BCUT2D eigenvalue weighted by Gasteiger charge is -2.37. The number of carbonyl (C=O) groups is 1. The molecular weight excluding hydrogens is 358 g/mol. The molecule has 9 heteroatoms. The lowest BCUT2D eigenvalue weighted by molar-refractivity contribution is 0.0906. The number of rotatable bonds is 4. The van der Waals surface area contributed by atoms with Crippen molar-refractivity contribution >= 4 is 45.1 Å². The van der Waals surface area contributed by atoms with Crippen LogP contribution in [0.1, 0.15) is 20.9 Å². The maximum absolute atomic E-state index is 12.6. The molecule has 1 aliphatic heterocycles. The van der Waals surface area contributed by atoms with Crippen molar-refractivity contribution in [2.24, 2.45) is 0 Å². The second kappa shape index (κ2) is 6.32. The third-order valence-corrected chi connectivity index (χ3v) is 6.34. The lowest BCUT2D eigenvalue weighted by Crippen LogP contribution is -2.56. The molecule has 7 nitrogen and oxygen atoms in total. The van der Waals surface area contributed by atoms with Crippen LogP contribution in [0.15, 0.2) is 27.9 Å². The van der Waals surface area contributed by atoms with Gasteiger partial charge in [-0.05, 0) is 37.4 Å². The average Bonchev–Trinajstić information content (AvgIpc) is 3.17. The summed E-state index contributed by atoms with van der Waals surface area (Å²) in [5.41, 5.74) is 8.52. The van der Waals surface area contributed by atoms with Gasteiger partial charge in [0.2, 0.25) is 0 Å². The zero-order valence-electron chi connectivity index (χ0n) is 13.8. The predicted octanol–water partition coefficient (Wildman–Crippen LogP) is 2.60. The first kappa shape index (κ1) is 16.4. The molecule has 1 amide bonds. The van der Waals surface area contributed by atoms with Crippen LogP contribution < -0.4 is 11.1 Å². The van der Waals surface area contributed by atoms with Gasteiger partial charge in [0, 0.05) is 18.5 Å². The fourth-order valence-corrected chi connectivity index (χ4v) is 4.74. The molecule has 1 aliphatic rings. The van der Waals surface area contributed by atoms with Gasteiger partial charge >= 0.3 is 0 Å². The molecule has 1 saturated heterocycles. The molecule has 4 rings (SSSR count). The molecule has 130 valence electrons. The standard InChI is InChI=1S/C16H17N5O2S2/c1-8-9(2)19-20-16-12(8)13(17)14(24-16)15(22)18-10-5-21(6-10)25-11-3-4-23-7-11/h3-4,7,10H,5-6,17H2,1-2H3,(H,18,22). The third kappa shape index (κ3) is 2.99. The molecule has 3 aromatic rings. The number of nitrogen functional groups attached to an aromatic ring is 1. The minimum Gasteiger partial charge on any atom is -0.471 e. The Kier molecular flexibility index (Phi) is 4.14. The smallest absolute Gasteiger partial charge is 0.263 e. The highest BCUT2D eigenvalue weighted by molar-refractivity contribution is 7.97. The summed E-state index contributed by atoms with van der Waals surface area (Å²) in [5.74, 6) is -0.143. The average molecular weight is 375 g/mol. The topological polar surface area (TPSA) is 97.3 Å². The van der Waals surface area contributed by atoms with Crippen molar-refractivity contribution in [1.29, 1.82) is 0 Å². The van der Waals surface area contributed by atoms with Crippen molar-refractivity contribution in [3.63, 3.8) is 0 Å². The van der Waals surface area contributed by atoms with E-state index in [1.54, 1.807) is 24.5 Å². The first-order valence-corrected chi connectivity index (χ1v) is 9.39. The zero-order valence-corrected chi connectivity index (χ0v) is 15.4. The van der Waals surface area contributed by atoms with Crippen LogP contribution in [-0.4, -0.2) is 39.5 Å². The maximum atomic E-state index is 12.6. The number of furan rings is 1. The highest BCUT2D eigenvalue weighted by atomic mass is 32.2. The summed E-state index contributed by atoms with van der Waals surface area (Å²) in [5, 5.41) is 12.2. The summed E-state index contributed by atoms with van der Waals surface area (Å²) in [6.07, 6.45) is 3.36. The summed E-state index contributed by atoms with van der Waals surface area (Å²) >= 11 is 2.92. The number of hydrogen-bond donors (Lipinski definition) is 2. The van der Waals surface area contributed by atoms with Gasteiger partial charge in [0.15, 0.2) is 0 Å². The Labute approximate surface area is 152 Å². The monoisotopic (exact) mass is 375 g/mol. The normalized spacial score (nSPS) is 15.4. The minimum absolute atomic E-state index is 0.116. The Bertz CT molecular complexity index is 932. The van der Waals surface area contributed by atoms with Gasteiger partial charge in [0.25, 0.3) is 5.91 Å². The highest BCUT2D eigenvalue weighted by Crippen LogP contribution is 2.35. The van der Waals surface area contributed by atoms with Gasteiger partial charge in [-0.1, -0.05) is 0 Å². The Morgan fingerprint density at radius 1 is 1.44 bits per heavy atom. The van der Waals surface area contributed by atoms with E-state index < -0.39 is 0 Å². The molecule has 1 fully saturated rings. The van der Waals surface area contributed by atoms with Crippen LogP contribution in [0.2, 0.25) is 0 Å². The Balaban J connectivity index is 1.43. The second-order valence-electron chi connectivity index (χ2n) is 6.00. The molecule has 0 aromatic carbocycles. The predicted molar refractivity (Wildman–Crippen MR) is 98.7 cm³/mol.